The molecule has 1 aliphatic heterocycles. The van der Waals surface area contributed by atoms with E-state index >= 15 is 0 Å². The maximum atomic E-state index is 13.7. The number of halogens is 1. The summed E-state index contributed by atoms with van der Waals surface area (Å²) in [6.07, 6.45) is 0.942. The van der Waals surface area contributed by atoms with Crippen molar-refractivity contribution in [2.45, 2.75) is 43.8 Å². The Balaban J connectivity index is 1.62. The van der Waals surface area contributed by atoms with Gasteiger partial charge in [-0.05, 0) is 41.7 Å². The van der Waals surface area contributed by atoms with Gasteiger partial charge in [0.25, 0.3) is 0 Å². The predicted molar refractivity (Wildman–Crippen MR) is 130 cm³/mol. The van der Waals surface area contributed by atoms with E-state index < -0.39 is 12.1 Å². The molecule has 0 unspecified atom stereocenters. The first-order valence-electron chi connectivity index (χ1n) is 11.7. The minimum absolute atomic E-state index is 0.0729. The first kappa shape index (κ1) is 23.6. The van der Waals surface area contributed by atoms with Gasteiger partial charge in [0.05, 0.1) is 12.1 Å². The van der Waals surface area contributed by atoms with Gasteiger partial charge in [0, 0.05) is 12.5 Å². The number of amides is 2. The fourth-order valence-corrected chi connectivity index (χ4v) is 4.58. The second-order valence-electron chi connectivity index (χ2n) is 8.77. The van der Waals surface area contributed by atoms with Crippen LogP contribution in [0.3, 0.4) is 0 Å². The molecule has 0 radical (unpaired) electrons. The van der Waals surface area contributed by atoms with Gasteiger partial charge in [-0.25, -0.2) is 4.39 Å². The highest BCUT2D eigenvalue weighted by molar-refractivity contribution is 5.91. The van der Waals surface area contributed by atoms with Gasteiger partial charge in [0.1, 0.15) is 11.9 Å². The fourth-order valence-electron chi connectivity index (χ4n) is 4.58. The molecule has 34 heavy (non-hydrogen) atoms. The van der Waals surface area contributed by atoms with Gasteiger partial charge in [0.2, 0.25) is 11.8 Å². The van der Waals surface area contributed by atoms with E-state index in [0.29, 0.717) is 19.4 Å². The number of nitrogens with one attached hydrogen (secondary N) is 1. The monoisotopic (exact) mass is 459 g/mol. The molecule has 3 N–H and O–H groups in total. The number of hydrogen-bond acceptors (Lipinski definition) is 3. The van der Waals surface area contributed by atoms with Gasteiger partial charge < -0.3 is 16.0 Å². The Kier molecular flexibility index (Phi) is 7.38. The highest BCUT2D eigenvalue weighted by Crippen LogP contribution is 2.33. The zero-order chi connectivity index (χ0) is 24.1. The minimum Gasteiger partial charge on any atom is -0.343 e. The Hall–Kier alpha value is -3.51. The number of rotatable bonds is 7. The molecular formula is C28H30FN3O2. The molecule has 1 heterocycles. The van der Waals surface area contributed by atoms with Crippen LogP contribution in [-0.4, -0.2) is 35.3 Å². The molecule has 0 saturated carbocycles. The zero-order valence-electron chi connectivity index (χ0n) is 19.2. The average molecular weight is 460 g/mol. The van der Waals surface area contributed by atoms with Crippen molar-refractivity contribution in [3.63, 3.8) is 0 Å². The van der Waals surface area contributed by atoms with E-state index in [0.717, 1.165) is 16.7 Å². The van der Waals surface area contributed by atoms with Crippen LogP contribution < -0.4 is 11.1 Å². The summed E-state index contributed by atoms with van der Waals surface area (Å²) >= 11 is 0. The quantitative estimate of drug-likeness (QED) is 0.557. The summed E-state index contributed by atoms with van der Waals surface area (Å²) in [7, 11) is 0. The molecule has 0 bridgehead atoms. The normalized spacial score (nSPS) is 18.6. The first-order chi connectivity index (χ1) is 16.5. The second-order valence-corrected chi connectivity index (χ2v) is 8.77. The number of hydrogen-bond donors (Lipinski definition) is 2. The Bertz CT molecular complexity index is 1070. The Morgan fingerprint density at radius 1 is 0.971 bits per heavy atom. The van der Waals surface area contributed by atoms with Crippen LogP contribution in [0.5, 0.6) is 0 Å². The summed E-state index contributed by atoms with van der Waals surface area (Å²) in [5.41, 5.74) is 8.89. The molecule has 3 atom stereocenters. The molecular weight excluding hydrogens is 429 g/mol. The van der Waals surface area contributed by atoms with Gasteiger partial charge in [-0.2, -0.15) is 0 Å². The number of benzene rings is 3. The fraction of sp³-hybridized carbons (Fsp3) is 0.286. The Morgan fingerprint density at radius 3 is 2.06 bits per heavy atom. The summed E-state index contributed by atoms with van der Waals surface area (Å²) in [6, 6.07) is 24.1. The number of carbonyl (C=O) groups is 2. The van der Waals surface area contributed by atoms with Gasteiger partial charge in [-0.1, -0.05) is 79.7 Å². The van der Waals surface area contributed by atoms with Crippen LogP contribution in [0.4, 0.5) is 4.39 Å². The summed E-state index contributed by atoms with van der Waals surface area (Å²) in [5.74, 6) is -0.844. The van der Waals surface area contributed by atoms with Crippen LogP contribution in [0.25, 0.3) is 0 Å². The Labute approximate surface area is 199 Å². The van der Waals surface area contributed by atoms with Crippen molar-refractivity contribution in [1.29, 1.82) is 0 Å². The van der Waals surface area contributed by atoms with E-state index in [9.17, 15) is 14.0 Å². The topological polar surface area (TPSA) is 75.4 Å². The van der Waals surface area contributed by atoms with Crippen molar-refractivity contribution < 1.29 is 14.0 Å². The summed E-state index contributed by atoms with van der Waals surface area (Å²) < 4.78 is 13.5. The lowest BCUT2D eigenvalue weighted by Crippen LogP contribution is -2.51. The number of nitrogens with zero attached hydrogens (tertiary/aromatic N) is 1. The zero-order valence-corrected chi connectivity index (χ0v) is 19.2. The van der Waals surface area contributed by atoms with Crippen molar-refractivity contribution >= 4 is 11.8 Å². The maximum Gasteiger partial charge on any atom is 0.243 e. The maximum absolute atomic E-state index is 13.7. The molecule has 3 aromatic carbocycles. The number of carbonyl (C=O) groups excluding carboxylic acids is 2. The van der Waals surface area contributed by atoms with Crippen LogP contribution in [0.1, 0.15) is 48.4 Å². The van der Waals surface area contributed by atoms with Gasteiger partial charge in [0.15, 0.2) is 0 Å². The molecule has 1 saturated heterocycles. The molecule has 0 aromatic heterocycles. The van der Waals surface area contributed by atoms with Crippen LogP contribution in [0, 0.1) is 5.82 Å². The van der Waals surface area contributed by atoms with Gasteiger partial charge >= 0.3 is 0 Å². The van der Waals surface area contributed by atoms with Crippen LogP contribution in [0.15, 0.2) is 84.9 Å². The molecule has 2 amide bonds. The van der Waals surface area contributed by atoms with Gasteiger partial charge in [-0.3, -0.25) is 9.59 Å². The SMILES string of the molecule is CC[C@H](N)C(=O)N1C[C@@H](c2ccc(F)cc2)C[C@@H]1C(=O)NC(c1ccccc1)c1ccccc1. The van der Waals surface area contributed by atoms with E-state index in [2.05, 4.69) is 5.32 Å². The third kappa shape index (κ3) is 5.18. The largest absolute Gasteiger partial charge is 0.343 e. The van der Waals surface area contributed by atoms with Crippen LogP contribution >= 0.6 is 0 Å². The van der Waals surface area contributed by atoms with Crippen molar-refractivity contribution in [1.82, 2.24) is 10.2 Å². The van der Waals surface area contributed by atoms with Crippen molar-refractivity contribution in [3.05, 3.63) is 107 Å². The molecule has 5 nitrogen and oxygen atoms in total. The van der Waals surface area contributed by atoms with Crippen molar-refractivity contribution in [3.8, 4) is 0 Å². The smallest absolute Gasteiger partial charge is 0.243 e. The van der Waals surface area contributed by atoms with Crippen LogP contribution in [-0.2, 0) is 9.59 Å². The molecule has 176 valence electrons. The van der Waals surface area contributed by atoms with Crippen molar-refractivity contribution in [2.75, 3.05) is 6.54 Å². The van der Waals surface area contributed by atoms with E-state index in [-0.39, 0.29) is 29.6 Å². The van der Waals surface area contributed by atoms with Crippen LogP contribution in [0.2, 0.25) is 0 Å². The van der Waals surface area contributed by atoms with Crippen molar-refractivity contribution in [2.24, 2.45) is 5.73 Å². The molecule has 0 spiro atoms. The first-order valence-corrected chi connectivity index (χ1v) is 11.7. The van der Waals surface area contributed by atoms with E-state index in [1.165, 1.54) is 12.1 Å². The highest BCUT2D eigenvalue weighted by atomic mass is 19.1. The summed E-state index contributed by atoms with van der Waals surface area (Å²) in [5, 5.41) is 3.18. The lowest BCUT2D eigenvalue weighted by atomic mass is 9.95. The Morgan fingerprint density at radius 2 is 1.53 bits per heavy atom. The molecule has 3 aromatic rings. The lowest BCUT2D eigenvalue weighted by Gasteiger charge is -2.28. The standard InChI is InChI=1S/C28H30FN3O2/c1-2-24(30)28(34)32-18-22(19-13-15-23(29)16-14-19)17-25(32)27(33)31-26(20-9-5-3-6-10-20)21-11-7-4-8-12-21/h3-16,22,24-26H,2,17-18,30H2,1H3,(H,31,33)/t22-,24-,25+/m0/s1. The van der Waals surface area contributed by atoms with Gasteiger partial charge in [-0.15, -0.1) is 0 Å². The predicted octanol–water partition coefficient (Wildman–Crippen LogP) is 4.15. The van der Waals surface area contributed by atoms with E-state index in [1.54, 1.807) is 17.0 Å². The average Bonchev–Trinajstić information content (AvgIpc) is 3.33. The second kappa shape index (κ2) is 10.6. The molecule has 4 rings (SSSR count). The minimum atomic E-state index is -0.665. The number of likely N-dealkylation sites (tertiary alicyclic amines) is 1. The summed E-state index contributed by atoms with van der Waals surface area (Å²) in [6.45, 7) is 2.23. The van der Waals surface area contributed by atoms with E-state index in [1.807, 2.05) is 67.6 Å². The molecule has 1 fully saturated rings. The highest BCUT2D eigenvalue weighted by Gasteiger charge is 2.41. The third-order valence-corrected chi connectivity index (χ3v) is 6.54. The molecule has 1 aliphatic rings. The number of nitrogens with two attached hydrogens (primary N) is 1. The summed E-state index contributed by atoms with van der Waals surface area (Å²) in [4.78, 5) is 28.4. The lowest BCUT2D eigenvalue weighted by molar-refractivity contribution is -0.139. The molecule has 0 aliphatic carbocycles. The third-order valence-electron chi connectivity index (χ3n) is 6.54. The van der Waals surface area contributed by atoms with E-state index in [4.69, 9.17) is 5.73 Å². The molecule has 6 heteroatoms.